The molecule has 2 aromatic carbocycles. The summed E-state index contributed by atoms with van der Waals surface area (Å²) in [6, 6.07) is 10.2. The fraction of sp³-hybridized carbons (Fsp3) is 0.133. The minimum Gasteiger partial charge on any atom is -0.305 e. The lowest BCUT2D eigenvalue weighted by molar-refractivity contribution is -0.137. The van der Waals surface area contributed by atoms with Crippen molar-refractivity contribution in [2.75, 3.05) is 0 Å². The van der Waals surface area contributed by atoms with Gasteiger partial charge in [-0.05, 0) is 36.8 Å². The van der Waals surface area contributed by atoms with E-state index in [1.807, 2.05) is 6.92 Å². The molecule has 0 aliphatic heterocycles. The summed E-state index contributed by atoms with van der Waals surface area (Å²) in [6.07, 6.45) is -4.52. The van der Waals surface area contributed by atoms with Gasteiger partial charge in [0, 0.05) is 0 Å². The molecule has 6 heteroatoms. The first-order valence-electron chi connectivity index (χ1n) is 6.26. The highest BCUT2D eigenvalue weighted by atomic mass is 19.4. The van der Waals surface area contributed by atoms with E-state index in [9.17, 15) is 18.0 Å². The monoisotopic (exact) mass is 292 g/mol. The lowest BCUT2D eigenvalue weighted by Gasteiger charge is -2.13. The van der Waals surface area contributed by atoms with Crippen LogP contribution in [-0.4, -0.2) is 9.55 Å². The number of aromatic amines is 1. The van der Waals surface area contributed by atoms with E-state index < -0.39 is 17.4 Å². The number of para-hydroxylation sites is 1. The fourth-order valence-corrected chi connectivity index (χ4v) is 2.36. The number of hydrogen-bond donors (Lipinski definition) is 1. The minimum atomic E-state index is -4.52. The molecular weight excluding hydrogens is 281 g/mol. The van der Waals surface area contributed by atoms with Crippen LogP contribution < -0.4 is 5.69 Å². The van der Waals surface area contributed by atoms with Crippen LogP contribution in [0.1, 0.15) is 11.1 Å². The third-order valence-corrected chi connectivity index (χ3v) is 3.29. The van der Waals surface area contributed by atoms with Crippen LogP contribution in [0.2, 0.25) is 0 Å². The van der Waals surface area contributed by atoms with E-state index in [2.05, 4.69) is 4.98 Å². The molecule has 1 N–H and O–H groups in total. The molecule has 0 fully saturated rings. The van der Waals surface area contributed by atoms with Gasteiger partial charge < -0.3 is 4.98 Å². The maximum atomic E-state index is 13.1. The highest BCUT2D eigenvalue weighted by molar-refractivity contribution is 5.78. The van der Waals surface area contributed by atoms with E-state index in [1.54, 1.807) is 18.2 Å². The Morgan fingerprint density at radius 1 is 1.10 bits per heavy atom. The molecule has 21 heavy (non-hydrogen) atoms. The second-order valence-corrected chi connectivity index (χ2v) is 4.80. The van der Waals surface area contributed by atoms with Gasteiger partial charge in [-0.1, -0.05) is 18.2 Å². The van der Waals surface area contributed by atoms with Gasteiger partial charge in [0.1, 0.15) is 0 Å². The summed E-state index contributed by atoms with van der Waals surface area (Å²) in [7, 11) is 0. The number of alkyl halides is 3. The van der Waals surface area contributed by atoms with Gasteiger partial charge >= 0.3 is 11.9 Å². The van der Waals surface area contributed by atoms with E-state index in [0.717, 1.165) is 16.2 Å². The Labute approximate surface area is 117 Å². The van der Waals surface area contributed by atoms with Crippen molar-refractivity contribution in [3.05, 3.63) is 64.1 Å². The predicted molar refractivity (Wildman–Crippen MR) is 73.6 cm³/mol. The van der Waals surface area contributed by atoms with Gasteiger partial charge in [-0.3, -0.25) is 4.57 Å². The average molecular weight is 292 g/mol. The van der Waals surface area contributed by atoms with Crippen molar-refractivity contribution in [1.82, 2.24) is 9.55 Å². The summed E-state index contributed by atoms with van der Waals surface area (Å²) in [5, 5.41) is 0. The zero-order chi connectivity index (χ0) is 15.2. The number of imidazole rings is 1. The molecule has 3 aromatic rings. The molecule has 0 aliphatic rings. The number of fused-ring (bicyclic) bond motifs is 1. The largest absolute Gasteiger partial charge is 0.418 e. The molecule has 0 atom stereocenters. The molecule has 0 spiro atoms. The molecule has 0 saturated heterocycles. The molecule has 3 nitrogen and oxygen atoms in total. The smallest absolute Gasteiger partial charge is 0.305 e. The Bertz CT molecular complexity index is 874. The number of benzene rings is 2. The van der Waals surface area contributed by atoms with Gasteiger partial charge in [0.25, 0.3) is 0 Å². The van der Waals surface area contributed by atoms with Gasteiger partial charge in [0.05, 0.1) is 22.3 Å². The van der Waals surface area contributed by atoms with E-state index >= 15 is 0 Å². The number of aryl methyl sites for hydroxylation is 1. The fourth-order valence-electron chi connectivity index (χ4n) is 2.36. The van der Waals surface area contributed by atoms with Crippen molar-refractivity contribution >= 4 is 11.0 Å². The van der Waals surface area contributed by atoms with Crippen molar-refractivity contribution in [1.29, 1.82) is 0 Å². The summed E-state index contributed by atoms with van der Waals surface area (Å²) >= 11 is 0. The van der Waals surface area contributed by atoms with Crippen LogP contribution in [0.4, 0.5) is 13.2 Å². The average Bonchev–Trinajstić information content (AvgIpc) is 2.73. The molecule has 0 saturated carbocycles. The van der Waals surface area contributed by atoms with Gasteiger partial charge in [-0.25, -0.2) is 4.79 Å². The van der Waals surface area contributed by atoms with Crippen molar-refractivity contribution in [2.45, 2.75) is 13.1 Å². The lowest BCUT2D eigenvalue weighted by atomic mass is 10.1. The molecule has 0 bridgehead atoms. The highest BCUT2D eigenvalue weighted by Crippen LogP contribution is 2.34. The summed E-state index contributed by atoms with van der Waals surface area (Å²) < 4.78 is 40.4. The third-order valence-electron chi connectivity index (χ3n) is 3.29. The number of hydrogen-bond acceptors (Lipinski definition) is 1. The topological polar surface area (TPSA) is 37.8 Å². The Morgan fingerprint density at radius 2 is 1.81 bits per heavy atom. The maximum absolute atomic E-state index is 13.1. The molecular formula is C15H11F3N2O. The molecule has 108 valence electrons. The summed E-state index contributed by atoms with van der Waals surface area (Å²) in [5.74, 6) is 0. The Kier molecular flexibility index (Phi) is 2.90. The number of nitrogens with one attached hydrogen (secondary N) is 1. The normalized spacial score (nSPS) is 12.0. The number of rotatable bonds is 1. The SMILES string of the molecule is Cc1ccc2[nH]c(=O)n(-c3ccccc3C(F)(F)F)c2c1. The second kappa shape index (κ2) is 4.51. The molecule has 0 aliphatic carbocycles. The molecule has 3 rings (SSSR count). The first kappa shape index (κ1) is 13.5. The summed E-state index contributed by atoms with van der Waals surface area (Å²) in [5.41, 5.74) is 0.188. The summed E-state index contributed by atoms with van der Waals surface area (Å²) in [4.78, 5) is 14.6. The standard InChI is InChI=1S/C15H11F3N2O/c1-9-6-7-11-13(8-9)20(14(21)19-11)12-5-3-2-4-10(12)15(16,17)18/h2-8H,1H3,(H,19,21). The summed E-state index contributed by atoms with van der Waals surface area (Å²) in [6.45, 7) is 1.82. The van der Waals surface area contributed by atoms with Crippen LogP contribution in [-0.2, 0) is 6.18 Å². The van der Waals surface area contributed by atoms with E-state index in [-0.39, 0.29) is 5.69 Å². The predicted octanol–water partition coefficient (Wildman–Crippen LogP) is 3.65. The zero-order valence-electron chi connectivity index (χ0n) is 11.0. The first-order chi connectivity index (χ1) is 9.88. The molecule has 1 aromatic heterocycles. The molecule has 1 heterocycles. The Hall–Kier alpha value is -2.50. The Balaban J connectivity index is 2.39. The number of nitrogens with zero attached hydrogens (tertiary/aromatic N) is 1. The van der Waals surface area contributed by atoms with Crippen LogP contribution in [0.25, 0.3) is 16.7 Å². The zero-order valence-corrected chi connectivity index (χ0v) is 11.0. The van der Waals surface area contributed by atoms with E-state index in [4.69, 9.17) is 0 Å². The lowest BCUT2D eigenvalue weighted by Crippen LogP contribution is -2.19. The van der Waals surface area contributed by atoms with Crippen LogP contribution in [0.5, 0.6) is 0 Å². The third kappa shape index (κ3) is 2.22. The van der Waals surface area contributed by atoms with Crippen molar-refractivity contribution < 1.29 is 13.2 Å². The number of aromatic nitrogens is 2. The molecule has 0 radical (unpaired) electrons. The second-order valence-electron chi connectivity index (χ2n) is 4.80. The number of halogens is 3. The van der Waals surface area contributed by atoms with Crippen LogP contribution >= 0.6 is 0 Å². The van der Waals surface area contributed by atoms with E-state index in [0.29, 0.717) is 11.0 Å². The van der Waals surface area contributed by atoms with Gasteiger partial charge in [0.15, 0.2) is 0 Å². The number of H-pyrrole nitrogens is 1. The maximum Gasteiger partial charge on any atom is 0.418 e. The van der Waals surface area contributed by atoms with Gasteiger partial charge in [-0.2, -0.15) is 13.2 Å². The van der Waals surface area contributed by atoms with Crippen molar-refractivity contribution in [3.8, 4) is 5.69 Å². The minimum absolute atomic E-state index is 0.174. The van der Waals surface area contributed by atoms with Crippen LogP contribution in [0, 0.1) is 6.92 Å². The van der Waals surface area contributed by atoms with Crippen molar-refractivity contribution in [2.24, 2.45) is 0 Å². The van der Waals surface area contributed by atoms with Gasteiger partial charge in [0.2, 0.25) is 0 Å². The molecule has 0 unspecified atom stereocenters. The van der Waals surface area contributed by atoms with Crippen molar-refractivity contribution in [3.63, 3.8) is 0 Å². The van der Waals surface area contributed by atoms with Gasteiger partial charge in [-0.15, -0.1) is 0 Å². The quantitative estimate of drug-likeness (QED) is 0.730. The molecule has 0 amide bonds. The van der Waals surface area contributed by atoms with Crippen LogP contribution in [0.15, 0.2) is 47.3 Å². The van der Waals surface area contributed by atoms with Crippen LogP contribution in [0.3, 0.4) is 0 Å². The first-order valence-corrected chi connectivity index (χ1v) is 6.26. The highest BCUT2D eigenvalue weighted by Gasteiger charge is 2.34. The van der Waals surface area contributed by atoms with E-state index in [1.165, 1.54) is 18.2 Å². The Morgan fingerprint density at radius 3 is 2.52 bits per heavy atom.